The number of hydrogen-bond donors (Lipinski definition) is 0. The molecule has 2 amide bonds. The molecule has 1 saturated heterocycles. The molecule has 0 unspecified atom stereocenters. The van der Waals surface area contributed by atoms with Crippen molar-refractivity contribution < 1.29 is 28.5 Å². The first kappa shape index (κ1) is 36.7. The lowest BCUT2D eigenvalue weighted by Crippen LogP contribution is -2.38. The van der Waals surface area contributed by atoms with Crippen LogP contribution < -0.4 is 0 Å². The Morgan fingerprint density at radius 3 is 1.40 bits per heavy atom. The van der Waals surface area contributed by atoms with Gasteiger partial charge in [0.05, 0.1) is 52.9 Å². The molecule has 1 aliphatic rings. The molecule has 2 rings (SSSR count). The first-order chi connectivity index (χ1) is 20.7. The van der Waals surface area contributed by atoms with Crippen molar-refractivity contribution in [2.45, 2.75) is 77.0 Å². The van der Waals surface area contributed by atoms with Gasteiger partial charge in [0.2, 0.25) is 11.8 Å². The molecule has 9 heteroatoms. The van der Waals surface area contributed by atoms with Crippen molar-refractivity contribution >= 4 is 27.7 Å². The number of carbonyl (C=O) groups excluding carboxylic acids is 2. The Morgan fingerprint density at radius 1 is 0.548 bits per heavy atom. The van der Waals surface area contributed by atoms with E-state index in [1.54, 1.807) is 0 Å². The normalized spacial score (nSPS) is 17.0. The summed E-state index contributed by atoms with van der Waals surface area (Å²) >= 11 is 3.49. The van der Waals surface area contributed by atoms with E-state index in [0.29, 0.717) is 91.9 Å². The van der Waals surface area contributed by atoms with E-state index in [-0.39, 0.29) is 11.8 Å². The van der Waals surface area contributed by atoms with Crippen molar-refractivity contribution in [1.82, 2.24) is 9.80 Å². The average Bonchev–Trinajstić information content (AvgIpc) is 3.01. The van der Waals surface area contributed by atoms with Crippen molar-refractivity contribution in [2.75, 3.05) is 84.4 Å². The molecule has 1 heterocycles. The number of unbranched alkanes of at least 4 members (excludes halogenated alkanes) is 8. The molecular formula is C33H55BrN2O6. The van der Waals surface area contributed by atoms with E-state index >= 15 is 0 Å². The number of halogens is 1. The summed E-state index contributed by atoms with van der Waals surface area (Å²) in [5, 5.41) is 1.11. The summed E-state index contributed by atoms with van der Waals surface area (Å²) in [7, 11) is 0. The zero-order valence-electron chi connectivity index (χ0n) is 25.8. The molecule has 42 heavy (non-hydrogen) atoms. The van der Waals surface area contributed by atoms with Crippen LogP contribution in [0, 0.1) is 0 Å². The molecule has 0 radical (unpaired) electrons. The predicted octanol–water partition coefficient (Wildman–Crippen LogP) is 5.65. The highest BCUT2D eigenvalue weighted by Gasteiger charge is 2.15. The van der Waals surface area contributed by atoms with Crippen molar-refractivity contribution in [1.29, 1.82) is 0 Å². The summed E-state index contributed by atoms with van der Waals surface area (Å²) in [6.45, 7) is 5.81. The third-order valence-corrected chi connectivity index (χ3v) is 8.03. The van der Waals surface area contributed by atoms with Crippen molar-refractivity contribution in [2.24, 2.45) is 0 Å². The molecule has 1 aliphatic heterocycles. The number of nitrogens with zero attached hydrogens (tertiary/aromatic N) is 2. The predicted molar refractivity (Wildman–Crippen MR) is 171 cm³/mol. The van der Waals surface area contributed by atoms with Gasteiger partial charge in [-0.25, -0.2) is 0 Å². The van der Waals surface area contributed by atoms with E-state index in [2.05, 4.69) is 15.9 Å². The van der Waals surface area contributed by atoms with Crippen molar-refractivity contribution in [3.8, 4) is 0 Å². The van der Waals surface area contributed by atoms with E-state index < -0.39 is 0 Å². The van der Waals surface area contributed by atoms with Crippen LogP contribution in [-0.4, -0.2) is 106 Å². The number of ether oxygens (including phenoxy) is 4. The molecule has 0 aliphatic carbocycles. The third kappa shape index (κ3) is 18.9. The van der Waals surface area contributed by atoms with Crippen LogP contribution in [0.1, 0.15) is 76.2 Å². The van der Waals surface area contributed by atoms with Crippen LogP contribution in [0.2, 0.25) is 0 Å². The molecule has 1 aromatic carbocycles. The van der Waals surface area contributed by atoms with Crippen molar-refractivity contribution in [3.63, 3.8) is 0 Å². The van der Waals surface area contributed by atoms with E-state index in [1.165, 1.54) is 44.9 Å². The fourth-order valence-electron chi connectivity index (χ4n) is 4.89. The minimum Gasteiger partial charge on any atom is -0.377 e. The first-order valence-electron chi connectivity index (χ1n) is 16.2. The summed E-state index contributed by atoms with van der Waals surface area (Å²) in [5.74, 6) is 0.282. The molecular weight excluding hydrogens is 600 g/mol. The summed E-state index contributed by atoms with van der Waals surface area (Å²) in [5.41, 5.74) is 1.16. The Balaban J connectivity index is 1.66. The lowest BCUT2D eigenvalue weighted by molar-refractivity contribution is -0.134. The highest BCUT2D eigenvalue weighted by molar-refractivity contribution is 9.09. The number of hydrogen-bond acceptors (Lipinski definition) is 6. The van der Waals surface area contributed by atoms with E-state index in [1.807, 2.05) is 40.1 Å². The standard InChI is InChI=1S/C33H55BrN2O6/c34-18-12-7-5-3-1-2-4-6-11-15-32(37)35-19-23-39-27-29-41-25-21-36(22-26-42-30-28-40-24-20-35)33(38)17-16-31-13-9-8-10-14-31/h8-10,13-14H,1-7,11-12,15-30H2. The van der Waals surface area contributed by atoms with Gasteiger partial charge in [-0.2, -0.15) is 0 Å². The fourth-order valence-corrected chi connectivity index (χ4v) is 5.28. The SMILES string of the molecule is O=C(CCCCCCCCCCCBr)N1CCOCCOCCN(C(=O)CCc2ccccc2)CCOCCOCC1. The second-order valence-corrected chi connectivity index (χ2v) is 11.6. The molecule has 0 bridgehead atoms. The highest BCUT2D eigenvalue weighted by Crippen LogP contribution is 2.12. The van der Waals surface area contributed by atoms with Gasteiger partial charge < -0.3 is 28.7 Å². The maximum absolute atomic E-state index is 12.9. The first-order valence-corrected chi connectivity index (χ1v) is 17.3. The second-order valence-electron chi connectivity index (χ2n) is 10.8. The molecule has 0 saturated carbocycles. The summed E-state index contributed by atoms with van der Waals surface area (Å²) in [6.07, 6.45) is 12.8. The van der Waals surface area contributed by atoms with Crippen molar-refractivity contribution in [3.05, 3.63) is 35.9 Å². The van der Waals surface area contributed by atoms with Gasteiger partial charge in [-0.15, -0.1) is 0 Å². The minimum atomic E-state index is 0.106. The number of alkyl halides is 1. The summed E-state index contributed by atoms with van der Waals surface area (Å²) in [6, 6.07) is 10.1. The fraction of sp³-hybridized carbons (Fsp3) is 0.758. The average molecular weight is 656 g/mol. The van der Waals surface area contributed by atoms with Crippen LogP contribution in [0.15, 0.2) is 30.3 Å². The van der Waals surface area contributed by atoms with E-state index in [4.69, 9.17) is 18.9 Å². The molecule has 8 nitrogen and oxygen atoms in total. The maximum atomic E-state index is 12.9. The Morgan fingerprint density at radius 2 is 0.952 bits per heavy atom. The van der Waals surface area contributed by atoms with Gasteiger partial charge in [0.1, 0.15) is 0 Å². The highest BCUT2D eigenvalue weighted by atomic mass is 79.9. The lowest BCUT2D eigenvalue weighted by atomic mass is 10.1. The van der Waals surface area contributed by atoms with Gasteiger partial charge in [0.15, 0.2) is 0 Å². The number of rotatable bonds is 14. The molecule has 0 spiro atoms. The number of aryl methyl sites for hydroxylation is 1. The lowest BCUT2D eigenvalue weighted by Gasteiger charge is -2.24. The Kier molecular flexibility index (Phi) is 22.6. The zero-order chi connectivity index (χ0) is 29.9. The van der Waals surface area contributed by atoms with Gasteiger partial charge in [0, 0.05) is 44.4 Å². The number of benzene rings is 1. The Hall–Kier alpha value is -1.52. The van der Waals surface area contributed by atoms with Crippen LogP contribution in [0.25, 0.3) is 0 Å². The van der Waals surface area contributed by atoms with E-state index in [9.17, 15) is 9.59 Å². The smallest absolute Gasteiger partial charge is 0.223 e. The van der Waals surface area contributed by atoms with Crippen LogP contribution in [0.4, 0.5) is 0 Å². The molecule has 1 fully saturated rings. The van der Waals surface area contributed by atoms with Crippen LogP contribution in [-0.2, 0) is 35.0 Å². The summed E-state index contributed by atoms with van der Waals surface area (Å²) < 4.78 is 23.0. The van der Waals surface area contributed by atoms with Crippen LogP contribution in [0.5, 0.6) is 0 Å². The van der Waals surface area contributed by atoms with E-state index in [0.717, 1.165) is 30.2 Å². The molecule has 240 valence electrons. The number of amides is 2. The molecule has 1 aromatic rings. The van der Waals surface area contributed by atoms with Gasteiger partial charge in [0.25, 0.3) is 0 Å². The maximum Gasteiger partial charge on any atom is 0.223 e. The molecule has 0 aromatic heterocycles. The largest absolute Gasteiger partial charge is 0.377 e. The number of carbonyl (C=O) groups is 2. The monoisotopic (exact) mass is 654 g/mol. The van der Waals surface area contributed by atoms with Gasteiger partial charge >= 0.3 is 0 Å². The minimum absolute atomic E-state index is 0.106. The molecule has 0 N–H and O–H groups in total. The molecule has 0 atom stereocenters. The quantitative estimate of drug-likeness (QED) is 0.191. The zero-order valence-corrected chi connectivity index (χ0v) is 27.4. The van der Waals surface area contributed by atoms with Crippen LogP contribution in [0.3, 0.4) is 0 Å². The summed E-state index contributed by atoms with van der Waals surface area (Å²) in [4.78, 5) is 29.5. The third-order valence-electron chi connectivity index (χ3n) is 7.47. The van der Waals surface area contributed by atoms with Gasteiger partial charge in [-0.05, 0) is 24.8 Å². The van der Waals surface area contributed by atoms with Gasteiger partial charge in [-0.3, -0.25) is 9.59 Å². The Bertz CT molecular complexity index is 780. The Labute approximate surface area is 262 Å². The van der Waals surface area contributed by atoms with Crippen LogP contribution >= 0.6 is 15.9 Å². The topological polar surface area (TPSA) is 77.5 Å². The second kappa shape index (κ2) is 25.9. The van der Waals surface area contributed by atoms with Gasteiger partial charge in [-0.1, -0.05) is 91.2 Å².